The van der Waals surface area contributed by atoms with Crippen molar-refractivity contribution in [3.05, 3.63) is 11.8 Å². The summed E-state index contributed by atoms with van der Waals surface area (Å²) in [5, 5.41) is 1.47. The van der Waals surface area contributed by atoms with Crippen LogP contribution in [-0.4, -0.2) is 8.80 Å². The molecule has 0 radical (unpaired) electrons. The minimum atomic E-state index is -0.460. The van der Waals surface area contributed by atoms with Gasteiger partial charge in [-0.25, -0.2) is 0 Å². The Balaban J connectivity index is 3.52. The third-order valence-electron chi connectivity index (χ3n) is 1.68. The van der Waals surface area contributed by atoms with E-state index in [1.165, 1.54) is 17.3 Å². The van der Waals surface area contributed by atoms with Crippen molar-refractivity contribution in [1.29, 1.82) is 0 Å². The molecule has 0 N–H and O–H groups in total. The molecule has 0 saturated carbocycles. The van der Waals surface area contributed by atoms with Gasteiger partial charge < -0.3 is 0 Å². The van der Waals surface area contributed by atoms with E-state index in [-0.39, 0.29) is 0 Å². The molecule has 0 aromatic rings. The molecule has 0 aliphatic heterocycles. The van der Waals surface area contributed by atoms with E-state index in [0.29, 0.717) is 0 Å². The first-order valence-electron chi connectivity index (χ1n) is 3.37. The molecule has 0 atom stereocenters. The normalized spacial score (nSPS) is 10.0. The van der Waals surface area contributed by atoms with Crippen LogP contribution in [-0.2, 0) is 0 Å². The number of allylic oxidation sites excluding steroid dienone is 1. The second kappa shape index (κ2) is 3.90. The molecule has 1 heteroatoms. The number of hydrogen-bond donors (Lipinski definition) is 0. The van der Waals surface area contributed by atoms with Crippen molar-refractivity contribution in [3.63, 3.8) is 0 Å². The van der Waals surface area contributed by atoms with E-state index in [2.05, 4.69) is 27.4 Å². The molecule has 0 fully saturated rings. The molecular formula is C7H16Si. The number of rotatable bonds is 3. The SMILES string of the molecule is C=C(C)[SiH](CC)CC. The standard InChI is InChI=1S/C7H16Si/c1-5-8(6-2)7(3)4/h8H,3,5-6H2,1-2,4H3. The van der Waals surface area contributed by atoms with Gasteiger partial charge in [-0.15, -0.1) is 6.58 Å². The van der Waals surface area contributed by atoms with Crippen molar-refractivity contribution in [3.8, 4) is 0 Å². The lowest BCUT2D eigenvalue weighted by Crippen LogP contribution is -2.09. The van der Waals surface area contributed by atoms with Crippen LogP contribution < -0.4 is 0 Å². The van der Waals surface area contributed by atoms with Crippen LogP contribution in [0, 0.1) is 0 Å². The van der Waals surface area contributed by atoms with Crippen molar-refractivity contribution in [1.82, 2.24) is 0 Å². The van der Waals surface area contributed by atoms with E-state index in [1.54, 1.807) is 0 Å². The summed E-state index contributed by atoms with van der Waals surface area (Å²) in [5.41, 5.74) is 0. The van der Waals surface area contributed by atoms with Gasteiger partial charge in [-0.1, -0.05) is 31.1 Å². The third-order valence-corrected chi connectivity index (χ3v) is 5.05. The molecule has 0 aliphatic rings. The summed E-state index contributed by atoms with van der Waals surface area (Å²) in [5.74, 6) is 0. The highest BCUT2D eigenvalue weighted by Gasteiger charge is 2.03. The van der Waals surface area contributed by atoms with E-state index >= 15 is 0 Å². The molecule has 0 aliphatic carbocycles. The Bertz CT molecular complexity index is 72.5. The average molecular weight is 128 g/mol. The largest absolute Gasteiger partial charge is 0.104 e. The quantitative estimate of drug-likeness (QED) is 0.512. The minimum Gasteiger partial charge on any atom is -0.104 e. The van der Waals surface area contributed by atoms with Gasteiger partial charge in [0.25, 0.3) is 0 Å². The van der Waals surface area contributed by atoms with Crippen LogP contribution >= 0.6 is 0 Å². The fourth-order valence-corrected chi connectivity index (χ4v) is 2.96. The minimum absolute atomic E-state index is 0.460. The first-order chi connectivity index (χ1) is 3.72. The van der Waals surface area contributed by atoms with Crippen LogP contribution in [0.4, 0.5) is 0 Å². The summed E-state index contributed by atoms with van der Waals surface area (Å²) in [6.07, 6.45) is 0. The van der Waals surface area contributed by atoms with Crippen molar-refractivity contribution in [2.24, 2.45) is 0 Å². The van der Waals surface area contributed by atoms with Crippen LogP contribution in [0.5, 0.6) is 0 Å². The second-order valence-electron chi connectivity index (χ2n) is 2.36. The summed E-state index contributed by atoms with van der Waals surface area (Å²) in [6, 6.07) is 2.76. The van der Waals surface area contributed by atoms with E-state index < -0.39 is 8.80 Å². The van der Waals surface area contributed by atoms with Crippen LogP contribution in [0.1, 0.15) is 20.8 Å². The molecule has 0 aromatic heterocycles. The van der Waals surface area contributed by atoms with Gasteiger partial charge in [0.2, 0.25) is 0 Å². The van der Waals surface area contributed by atoms with E-state index in [9.17, 15) is 0 Å². The topological polar surface area (TPSA) is 0 Å². The Morgan fingerprint density at radius 3 is 1.75 bits per heavy atom. The van der Waals surface area contributed by atoms with Gasteiger partial charge in [0.1, 0.15) is 0 Å². The maximum atomic E-state index is 3.96. The van der Waals surface area contributed by atoms with E-state index in [1.807, 2.05) is 0 Å². The van der Waals surface area contributed by atoms with Crippen molar-refractivity contribution in [2.45, 2.75) is 32.9 Å². The van der Waals surface area contributed by atoms with Crippen molar-refractivity contribution >= 4 is 8.80 Å². The average Bonchev–Trinajstić information content (AvgIpc) is 1.69. The Kier molecular flexibility index (Phi) is 3.88. The molecule has 0 unspecified atom stereocenters. The number of hydrogen-bond acceptors (Lipinski definition) is 0. The second-order valence-corrected chi connectivity index (χ2v) is 6.37. The van der Waals surface area contributed by atoms with Crippen LogP contribution in [0.25, 0.3) is 0 Å². The Morgan fingerprint density at radius 1 is 1.38 bits per heavy atom. The van der Waals surface area contributed by atoms with Gasteiger partial charge in [0.15, 0.2) is 0 Å². The third kappa shape index (κ3) is 2.31. The van der Waals surface area contributed by atoms with Gasteiger partial charge in [-0.3, -0.25) is 0 Å². The van der Waals surface area contributed by atoms with Crippen LogP contribution in [0.2, 0.25) is 12.1 Å². The van der Waals surface area contributed by atoms with Gasteiger partial charge in [0, 0.05) is 0 Å². The molecular weight excluding hydrogens is 112 g/mol. The van der Waals surface area contributed by atoms with E-state index in [4.69, 9.17) is 0 Å². The smallest absolute Gasteiger partial charge is 0.0639 e. The lowest BCUT2D eigenvalue weighted by Gasteiger charge is -2.07. The lowest BCUT2D eigenvalue weighted by molar-refractivity contribution is 1.30. The highest BCUT2D eigenvalue weighted by atomic mass is 28.3. The monoisotopic (exact) mass is 128 g/mol. The summed E-state index contributed by atoms with van der Waals surface area (Å²) >= 11 is 0. The van der Waals surface area contributed by atoms with Crippen molar-refractivity contribution in [2.75, 3.05) is 0 Å². The molecule has 8 heavy (non-hydrogen) atoms. The predicted octanol–water partition coefficient (Wildman–Crippen LogP) is 2.37. The van der Waals surface area contributed by atoms with Gasteiger partial charge in [-0.2, -0.15) is 0 Å². The van der Waals surface area contributed by atoms with Crippen LogP contribution in [0.15, 0.2) is 11.8 Å². The molecule has 0 amide bonds. The maximum absolute atomic E-state index is 3.96. The zero-order valence-electron chi connectivity index (χ0n) is 6.20. The molecule has 0 spiro atoms. The maximum Gasteiger partial charge on any atom is 0.0639 e. The molecule has 0 bridgehead atoms. The summed E-state index contributed by atoms with van der Waals surface area (Å²) in [7, 11) is -0.460. The summed E-state index contributed by atoms with van der Waals surface area (Å²) in [6.45, 7) is 10.7. The van der Waals surface area contributed by atoms with Gasteiger partial charge in [-0.05, 0) is 6.92 Å². The van der Waals surface area contributed by atoms with Crippen molar-refractivity contribution < 1.29 is 0 Å². The van der Waals surface area contributed by atoms with Gasteiger partial charge in [0.05, 0.1) is 8.80 Å². The first-order valence-corrected chi connectivity index (χ1v) is 5.58. The zero-order chi connectivity index (χ0) is 6.57. The van der Waals surface area contributed by atoms with Gasteiger partial charge >= 0.3 is 0 Å². The lowest BCUT2D eigenvalue weighted by atomic mass is 10.7. The highest BCUT2D eigenvalue weighted by Crippen LogP contribution is 2.05. The molecule has 0 heterocycles. The molecule has 0 saturated heterocycles. The summed E-state index contributed by atoms with van der Waals surface area (Å²) < 4.78 is 0. The Labute approximate surface area is 54.2 Å². The fourth-order valence-electron chi connectivity index (χ4n) is 0.986. The zero-order valence-corrected chi connectivity index (χ0v) is 7.35. The summed E-state index contributed by atoms with van der Waals surface area (Å²) in [4.78, 5) is 0. The fraction of sp³-hybridized carbons (Fsp3) is 0.714. The molecule has 0 nitrogen and oxygen atoms in total. The Hall–Kier alpha value is -0.0431. The first kappa shape index (κ1) is 7.96. The van der Waals surface area contributed by atoms with E-state index in [0.717, 1.165) is 0 Å². The highest BCUT2D eigenvalue weighted by molar-refractivity contribution is 6.66. The molecule has 0 aromatic carbocycles. The van der Waals surface area contributed by atoms with Crippen LogP contribution in [0.3, 0.4) is 0 Å². The predicted molar refractivity (Wildman–Crippen MR) is 42.9 cm³/mol. The molecule has 48 valence electrons. The Morgan fingerprint density at radius 2 is 1.75 bits per heavy atom. The molecule has 0 rings (SSSR count).